The van der Waals surface area contributed by atoms with Crippen LogP contribution in [0.4, 0.5) is 5.69 Å². The number of carboxylic acid groups (broad SMARTS) is 1. The third-order valence-corrected chi connectivity index (χ3v) is 3.16. The zero-order valence-corrected chi connectivity index (χ0v) is 10.9. The third kappa shape index (κ3) is 3.77. The molecule has 2 N–H and O–H groups in total. The highest BCUT2D eigenvalue weighted by molar-refractivity contribution is 5.94. The summed E-state index contributed by atoms with van der Waals surface area (Å²) in [5.74, 6) is 0.211. The standard InChI is InChI=1S/C14H21NO2/c1-9(2)11(4)8-15-13-7-10(3)5-6-12(13)14(16)17/h5-7,9,11,15H,8H2,1-4H3,(H,16,17). The van der Waals surface area contributed by atoms with Gasteiger partial charge in [0.05, 0.1) is 5.56 Å². The molecular formula is C14H21NO2. The van der Waals surface area contributed by atoms with E-state index in [4.69, 9.17) is 5.11 Å². The van der Waals surface area contributed by atoms with Gasteiger partial charge in [-0.25, -0.2) is 4.79 Å². The van der Waals surface area contributed by atoms with Crippen LogP contribution in [0.5, 0.6) is 0 Å². The number of carbonyl (C=O) groups is 1. The Balaban J connectivity index is 2.82. The summed E-state index contributed by atoms with van der Waals surface area (Å²) in [4.78, 5) is 11.1. The van der Waals surface area contributed by atoms with Crippen LogP contribution in [0.1, 0.15) is 36.7 Å². The van der Waals surface area contributed by atoms with Crippen LogP contribution < -0.4 is 5.32 Å². The number of nitrogens with one attached hydrogen (secondary N) is 1. The maximum absolute atomic E-state index is 11.1. The molecular weight excluding hydrogens is 214 g/mol. The smallest absolute Gasteiger partial charge is 0.337 e. The Kier molecular flexibility index (Phi) is 4.55. The lowest BCUT2D eigenvalue weighted by Gasteiger charge is -2.18. The predicted molar refractivity (Wildman–Crippen MR) is 70.6 cm³/mol. The minimum Gasteiger partial charge on any atom is -0.478 e. The van der Waals surface area contributed by atoms with Gasteiger partial charge in [-0.05, 0) is 36.5 Å². The largest absolute Gasteiger partial charge is 0.478 e. The Morgan fingerprint density at radius 2 is 2.00 bits per heavy atom. The average Bonchev–Trinajstić information content (AvgIpc) is 2.25. The molecule has 0 amide bonds. The number of benzene rings is 1. The maximum atomic E-state index is 11.1. The van der Waals surface area contributed by atoms with Crippen LogP contribution in [-0.2, 0) is 0 Å². The highest BCUT2D eigenvalue weighted by atomic mass is 16.4. The van der Waals surface area contributed by atoms with Gasteiger partial charge in [-0.2, -0.15) is 0 Å². The quantitative estimate of drug-likeness (QED) is 0.822. The second-order valence-corrected chi connectivity index (χ2v) is 4.96. The molecule has 1 aromatic carbocycles. The summed E-state index contributed by atoms with van der Waals surface area (Å²) in [6.07, 6.45) is 0. The van der Waals surface area contributed by atoms with E-state index in [2.05, 4.69) is 26.1 Å². The van der Waals surface area contributed by atoms with Crippen molar-refractivity contribution in [2.45, 2.75) is 27.7 Å². The summed E-state index contributed by atoms with van der Waals surface area (Å²) < 4.78 is 0. The fourth-order valence-electron chi connectivity index (χ4n) is 1.50. The molecule has 0 spiro atoms. The number of anilines is 1. The second-order valence-electron chi connectivity index (χ2n) is 4.96. The monoisotopic (exact) mass is 235 g/mol. The summed E-state index contributed by atoms with van der Waals surface area (Å²) in [6, 6.07) is 5.36. The Morgan fingerprint density at radius 1 is 1.35 bits per heavy atom. The number of rotatable bonds is 5. The van der Waals surface area contributed by atoms with Crippen LogP contribution in [0.15, 0.2) is 18.2 Å². The predicted octanol–water partition coefficient (Wildman–Crippen LogP) is 3.40. The Morgan fingerprint density at radius 3 is 2.53 bits per heavy atom. The first-order valence-corrected chi connectivity index (χ1v) is 5.99. The van der Waals surface area contributed by atoms with Crippen LogP contribution in [0.3, 0.4) is 0 Å². The minimum absolute atomic E-state index is 0.339. The van der Waals surface area contributed by atoms with Crippen molar-refractivity contribution < 1.29 is 9.90 Å². The summed E-state index contributed by atoms with van der Waals surface area (Å²) >= 11 is 0. The molecule has 0 bridgehead atoms. The van der Waals surface area contributed by atoms with E-state index >= 15 is 0 Å². The van der Waals surface area contributed by atoms with Crippen LogP contribution in [0.25, 0.3) is 0 Å². The topological polar surface area (TPSA) is 49.3 Å². The van der Waals surface area contributed by atoms with Gasteiger partial charge in [0.15, 0.2) is 0 Å². The Labute approximate surface area is 103 Å². The Hall–Kier alpha value is -1.51. The number of carboxylic acids is 1. The summed E-state index contributed by atoms with van der Waals surface area (Å²) in [5.41, 5.74) is 2.12. The molecule has 1 rings (SSSR count). The number of hydrogen-bond donors (Lipinski definition) is 2. The molecule has 0 radical (unpaired) electrons. The lowest BCUT2D eigenvalue weighted by Crippen LogP contribution is -2.17. The molecule has 0 fully saturated rings. The second kappa shape index (κ2) is 5.71. The number of aryl methyl sites for hydroxylation is 1. The molecule has 3 heteroatoms. The molecule has 3 nitrogen and oxygen atoms in total. The SMILES string of the molecule is Cc1ccc(C(=O)O)c(NCC(C)C(C)C)c1. The molecule has 17 heavy (non-hydrogen) atoms. The first kappa shape index (κ1) is 13.6. The summed E-state index contributed by atoms with van der Waals surface area (Å²) in [6.45, 7) is 9.25. The molecule has 1 aromatic rings. The van der Waals surface area contributed by atoms with Crippen molar-refractivity contribution in [1.82, 2.24) is 0 Å². The molecule has 1 atom stereocenters. The fraction of sp³-hybridized carbons (Fsp3) is 0.500. The van der Waals surface area contributed by atoms with Crippen molar-refractivity contribution in [2.24, 2.45) is 11.8 Å². The van der Waals surface area contributed by atoms with Crippen LogP contribution in [-0.4, -0.2) is 17.6 Å². The molecule has 1 unspecified atom stereocenters. The zero-order valence-electron chi connectivity index (χ0n) is 10.9. The normalized spacial score (nSPS) is 12.5. The lowest BCUT2D eigenvalue weighted by molar-refractivity contribution is 0.0698. The fourth-order valence-corrected chi connectivity index (χ4v) is 1.50. The molecule has 0 aliphatic carbocycles. The first-order valence-electron chi connectivity index (χ1n) is 5.99. The van der Waals surface area contributed by atoms with E-state index in [1.54, 1.807) is 6.07 Å². The molecule has 0 saturated heterocycles. The average molecular weight is 235 g/mol. The minimum atomic E-state index is -0.885. The van der Waals surface area contributed by atoms with E-state index in [1.165, 1.54) is 0 Å². The van der Waals surface area contributed by atoms with Crippen molar-refractivity contribution in [3.63, 3.8) is 0 Å². The molecule has 0 aliphatic rings. The molecule has 0 heterocycles. The van der Waals surface area contributed by atoms with E-state index in [0.29, 0.717) is 23.1 Å². The first-order chi connectivity index (χ1) is 7.91. The van der Waals surface area contributed by atoms with E-state index in [-0.39, 0.29) is 0 Å². The van der Waals surface area contributed by atoms with Gasteiger partial charge in [-0.3, -0.25) is 0 Å². The third-order valence-electron chi connectivity index (χ3n) is 3.16. The molecule has 0 aromatic heterocycles. The molecule has 94 valence electrons. The van der Waals surface area contributed by atoms with Crippen LogP contribution in [0.2, 0.25) is 0 Å². The van der Waals surface area contributed by atoms with Gasteiger partial charge in [0, 0.05) is 12.2 Å². The molecule has 0 aliphatic heterocycles. The van der Waals surface area contributed by atoms with E-state index in [0.717, 1.165) is 12.1 Å². The number of hydrogen-bond acceptors (Lipinski definition) is 2. The highest BCUT2D eigenvalue weighted by Gasteiger charge is 2.12. The lowest BCUT2D eigenvalue weighted by atomic mass is 9.98. The summed E-state index contributed by atoms with van der Waals surface area (Å²) in [5, 5.41) is 12.3. The van der Waals surface area contributed by atoms with Gasteiger partial charge >= 0.3 is 5.97 Å². The van der Waals surface area contributed by atoms with Gasteiger partial charge in [-0.1, -0.05) is 26.8 Å². The Bertz CT molecular complexity index is 399. The van der Waals surface area contributed by atoms with Crippen LogP contribution in [0, 0.1) is 18.8 Å². The van der Waals surface area contributed by atoms with Gasteiger partial charge in [-0.15, -0.1) is 0 Å². The zero-order chi connectivity index (χ0) is 13.0. The van der Waals surface area contributed by atoms with Crippen molar-refractivity contribution in [3.8, 4) is 0 Å². The van der Waals surface area contributed by atoms with E-state index < -0.39 is 5.97 Å². The van der Waals surface area contributed by atoms with Gasteiger partial charge < -0.3 is 10.4 Å². The molecule has 0 saturated carbocycles. The van der Waals surface area contributed by atoms with Crippen molar-refractivity contribution >= 4 is 11.7 Å². The van der Waals surface area contributed by atoms with Crippen molar-refractivity contribution in [2.75, 3.05) is 11.9 Å². The van der Waals surface area contributed by atoms with Gasteiger partial charge in [0.1, 0.15) is 0 Å². The maximum Gasteiger partial charge on any atom is 0.337 e. The van der Waals surface area contributed by atoms with E-state index in [9.17, 15) is 4.79 Å². The highest BCUT2D eigenvalue weighted by Crippen LogP contribution is 2.19. The van der Waals surface area contributed by atoms with Crippen molar-refractivity contribution in [1.29, 1.82) is 0 Å². The van der Waals surface area contributed by atoms with Gasteiger partial charge in [0.2, 0.25) is 0 Å². The van der Waals surface area contributed by atoms with Gasteiger partial charge in [0.25, 0.3) is 0 Å². The summed E-state index contributed by atoms with van der Waals surface area (Å²) in [7, 11) is 0. The number of aromatic carboxylic acids is 1. The van der Waals surface area contributed by atoms with Crippen LogP contribution >= 0.6 is 0 Å². The van der Waals surface area contributed by atoms with E-state index in [1.807, 2.05) is 19.1 Å². The van der Waals surface area contributed by atoms with Crippen molar-refractivity contribution in [3.05, 3.63) is 29.3 Å².